The Bertz CT molecular complexity index is 502. The number of ether oxygens (including phenoxy) is 1. The van der Waals surface area contributed by atoms with Crippen molar-refractivity contribution in [2.75, 3.05) is 7.11 Å². The summed E-state index contributed by atoms with van der Waals surface area (Å²) in [7, 11) is 1.47. The van der Waals surface area contributed by atoms with Crippen LogP contribution in [0.25, 0.3) is 0 Å². The molecule has 1 aliphatic carbocycles. The summed E-state index contributed by atoms with van der Waals surface area (Å²) in [5.41, 5.74) is 1.05. The zero-order valence-corrected chi connectivity index (χ0v) is 11.3. The number of ketones is 1. The highest BCUT2D eigenvalue weighted by Crippen LogP contribution is 2.37. The number of phenols is 1. The van der Waals surface area contributed by atoms with E-state index in [2.05, 4.69) is 4.99 Å². The zero-order chi connectivity index (χ0) is 13.8. The molecule has 0 aliphatic heterocycles. The summed E-state index contributed by atoms with van der Waals surface area (Å²) in [5.74, 6) is 0.513. The van der Waals surface area contributed by atoms with Crippen LogP contribution in [0.1, 0.15) is 43.0 Å². The zero-order valence-electron chi connectivity index (χ0n) is 11.3. The van der Waals surface area contributed by atoms with Crippen LogP contribution in [0.15, 0.2) is 17.1 Å². The molecule has 1 aromatic rings. The van der Waals surface area contributed by atoms with Gasteiger partial charge in [-0.05, 0) is 25.8 Å². The first-order valence-electron chi connectivity index (χ1n) is 6.61. The van der Waals surface area contributed by atoms with Crippen LogP contribution in [0.5, 0.6) is 11.5 Å². The number of rotatable bonds is 4. The first-order chi connectivity index (χ1) is 9.17. The maximum absolute atomic E-state index is 12.5. The molecule has 0 bridgehead atoms. The summed E-state index contributed by atoms with van der Waals surface area (Å²) in [4.78, 5) is 16.7. The van der Waals surface area contributed by atoms with Gasteiger partial charge in [0.1, 0.15) is 0 Å². The average molecular weight is 261 g/mol. The number of hydrogen-bond donors (Lipinski definition) is 1. The molecule has 4 nitrogen and oxygen atoms in total. The molecule has 1 saturated carbocycles. The van der Waals surface area contributed by atoms with Crippen LogP contribution in [-0.4, -0.2) is 24.2 Å². The number of phenolic OH excluding ortho intramolecular Hbond substituents is 1. The summed E-state index contributed by atoms with van der Waals surface area (Å²) < 4.78 is 5.08. The van der Waals surface area contributed by atoms with Crippen LogP contribution < -0.4 is 4.74 Å². The maximum Gasteiger partial charge on any atom is 0.168 e. The largest absolute Gasteiger partial charge is 0.504 e. The maximum atomic E-state index is 12.5. The van der Waals surface area contributed by atoms with Gasteiger partial charge in [-0.1, -0.05) is 12.8 Å². The van der Waals surface area contributed by atoms with Crippen LogP contribution in [0.2, 0.25) is 0 Å². The van der Waals surface area contributed by atoms with Gasteiger partial charge in [0, 0.05) is 23.8 Å². The molecule has 0 saturated heterocycles. The molecule has 0 amide bonds. The second-order valence-corrected chi connectivity index (χ2v) is 4.77. The normalized spacial score (nSPS) is 16.1. The minimum Gasteiger partial charge on any atom is -0.504 e. The van der Waals surface area contributed by atoms with Crippen LogP contribution in [-0.2, 0) is 0 Å². The van der Waals surface area contributed by atoms with E-state index < -0.39 is 0 Å². The first-order valence-corrected chi connectivity index (χ1v) is 6.61. The van der Waals surface area contributed by atoms with Gasteiger partial charge in [0.25, 0.3) is 0 Å². The predicted molar refractivity (Wildman–Crippen MR) is 74.8 cm³/mol. The molecule has 0 radical (unpaired) electrons. The van der Waals surface area contributed by atoms with E-state index >= 15 is 0 Å². The number of carbonyl (C=O) groups is 1. The number of benzene rings is 1. The monoisotopic (exact) mass is 261 g/mol. The second kappa shape index (κ2) is 5.87. The van der Waals surface area contributed by atoms with Crippen molar-refractivity contribution in [3.05, 3.63) is 17.7 Å². The predicted octanol–water partition coefficient (Wildman–Crippen LogP) is 3.50. The summed E-state index contributed by atoms with van der Waals surface area (Å²) in [5, 5.41) is 9.78. The SMILES string of the molecule is CC=Nc1cc(O)c(OC)cc1C(=O)C1CCCC1. The van der Waals surface area contributed by atoms with E-state index in [4.69, 9.17) is 4.74 Å². The smallest absolute Gasteiger partial charge is 0.168 e. The fraction of sp³-hybridized carbons (Fsp3) is 0.467. The topological polar surface area (TPSA) is 58.9 Å². The van der Waals surface area contributed by atoms with Crippen molar-refractivity contribution in [3.8, 4) is 11.5 Å². The second-order valence-electron chi connectivity index (χ2n) is 4.77. The molecule has 0 heterocycles. The highest BCUT2D eigenvalue weighted by Gasteiger charge is 2.26. The number of carbonyl (C=O) groups excluding carboxylic acids is 1. The number of methoxy groups -OCH3 is 1. The minimum absolute atomic E-state index is 0.00562. The molecule has 102 valence electrons. The highest BCUT2D eigenvalue weighted by molar-refractivity contribution is 6.03. The van der Waals surface area contributed by atoms with E-state index in [1.54, 1.807) is 19.2 Å². The summed E-state index contributed by atoms with van der Waals surface area (Å²) in [6.45, 7) is 1.78. The quantitative estimate of drug-likeness (QED) is 0.666. The Labute approximate surface area is 113 Å². The summed E-state index contributed by atoms with van der Waals surface area (Å²) in [6, 6.07) is 3.08. The lowest BCUT2D eigenvalue weighted by Crippen LogP contribution is -2.11. The van der Waals surface area contributed by atoms with E-state index in [1.807, 2.05) is 0 Å². The molecule has 0 aromatic heterocycles. The van der Waals surface area contributed by atoms with E-state index in [-0.39, 0.29) is 17.5 Å². The molecule has 0 spiro atoms. The molecule has 1 aromatic carbocycles. The van der Waals surface area contributed by atoms with E-state index in [1.165, 1.54) is 13.2 Å². The Hall–Kier alpha value is -1.84. The number of hydrogen-bond acceptors (Lipinski definition) is 4. The van der Waals surface area contributed by atoms with Crippen molar-refractivity contribution in [1.82, 2.24) is 0 Å². The van der Waals surface area contributed by atoms with Crippen LogP contribution in [0.4, 0.5) is 5.69 Å². The molecule has 19 heavy (non-hydrogen) atoms. The molecule has 2 rings (SSSR count). The lowest BCUT2D eigenvalue weighted by Gasteiger charge is -2.12. The van der Waals surface area contributed by atoms with Crippen molar-refractivity contribution in [3.63, 3.8) is 0 Å². The van der Waals surface area contributed by atoms with Crippen molar-refractivity contribution in [2.24, 2.45) is 10.9 Å². The van der Waals surface area contributed by atoms with Gasteiger partial charge in [0.2, 0.25) is 0 Å². The molecular weight excluding hydrogens is 242 g/mol. The molecule has 1 fully saturated rings. The third kappa shape index (κ3) is 2.78. The van der Waals surface area contributed by atoms with Crippen molar-refractivity contribution < 1.29 is 14.6 Å². The first kappa shape index (κ1) is 13.6. The number of aromatic hydroxyl groups is 1. The number of Topliss-reactive ketones (excluding diaryl/α,β-unsaturated/α-hetero) is 1. The molecule has 0 atom stereocenters. The highest BCUT2D eigenvalue weighted by atomic mass is 16.5. The van der Waals surface area contributed by atoms with Gasteiger partial charge in [-0.3, -0.25) is 9.79 Å². The standard InChI is InChI=1S/C15H19NO3/c1-3-16-12-9-13(17)14(19-2)8-11(12)15(18)10-6-4-5-7-10/h3,8-10,17H,4-7H2,1-2H3. The Morgan fingerprint density at radius 1 is 1.42 bits per heavy atom. The van der Waals surface area contributed by atoms with Gasteiger partial charge in [0.15, 0.2) is 17.3 Å². The Kier molecular flexibility index (Phi) is 4.20. The van der Waals surface area contributed by atoms with Crippen LogP contribution in [0.3, 0.4) is 0 Å². The molecular formula is C15H19NO3. The van der Waals surface area contributed by atoms with Gasteiger partial charge in [0.05, 0.1) is 12.8 Å². The third-order valence-electron chi connectivity index (χ3n) is 3.56. The molecule has 4 heteroatoms. The van der Waals surface area contributed by atoms with Gasteiger partial charge in [-0.2, -0.15) is 0 Å². The van der Waals surface area contributed by atoms with Gasteiger partial charge in [-0.25, -0.2) is 0 Å². The van der Waals surface area contributed by atoms with Gasteiger partial charge in [-0.15, -0.1) is 0 Å². The van der Waals surface area contributed by atoms with E-state index in [0.29, 0.717) is 17.0 Å². The van der Waals surface area contributed by atoms with Crippen LogP contribution in [0, 0.1) is 5.92 Å². The Morgan fingerprint density at radius 2 is 2.11 bits per heavy atom. The number of aliphatic imine (C=N–C) groups is 1. The lowest BCUT2D eigenvalue weighted by atomic mass is 9.95. The van der Waals surface area contributed by atoms with Crippen molar-refractivity contribution in [2.45, 2.75) is 32.6 Å². The average Bonchev–Trinajstić information content (AvgIpc) is 2.92. The molecule has 1 aliphatic rings. The Balaban J connectivity index is 2.43. The van der Waals surface area contributed by atoms with Gasteiger partial charge >= 0.3 is 0 Å². The molecule has 0 unspecified atom stereocenters. The molecule has 1 N–H and O–H groups in total. The van der Waals surface area contributed by atoms with Gasteiger partial charge < -0.3 is 9.84 Å². The minimum atomic E-state index is 0.00562. The van der Waals surface area contributed by atoms with E-state index in [0.717, 1.165) is 25.7 Å². The fourth-order valence-electron chi connectivity index (χ4n) is 2.57. The van der Waals surface area contributed by atoms with Crippen molar-refractivity contribution in [1.29, 1.82) is 0 Å². The fourth-order valence-corrected chi connectivity index (χ4v) is 2.57. The van der Waals surface area contributed by atoms with Crippen LogP contribution >= 0.6 is 0 Å². The third-order valence-corrected chi connectivity index (χ3v) is 3.56. The Morgan fingerprint density at radius 3 is 2.68 bits per heavy atom. The summed E-state index contributed by atoms with van der Waals surface area (Å²) in [6.07, 6.45) is 5.72. The van der Waals surface area contributed by atoms with Crippen molar-refractivity contribution >= 4 is 17.7 Å². The summed E-state index contributed by atoms with van der Waals surface area (Å²) >= 11 is 0. The number of nitrogens with zero attached hydrogens (tertiary/aromatic N) is 1. The lowest BCUT2D eigenvalue weighted by molar-refractivity contribution is 0.0923. The van der Waals surface area contributed by atoms with E-state index in [9.17, 15) is 9.90 Å².